The average Bonchev–Trinajstić information content (AvgIpc) is 2.19. The molecule has 0 atom stereocenters. The highest BCUT2D eigenvalue weighted by Crippen LogP contribution is 2.16. The van der Waals surface area contributed by atoms with Gasteiger partial charge >= 0.3 is 0 Å². The summed E-state index contributed by atoms with van der Waals surface area (Å²) in [4.78, 5) is 25.5. The van der Waals surface area contributed by atoms with Gasteiger partial charge in [0.25, 0.3) is 0 Å². The van der Waals surface area contributed by atoms with Crippen molar-refractivity contribution in [2.45, 2.75) is 20.8 Å². The Kier molecular flexibility index (Phi) is 3.50. The van der Waals surface area contributed by atoms with Gasteiger partial charge < -0.3 is 0 Å². The fourth-order valence-corrected chi connectivity index (χ4v) is 1.03. The molecule has 0 spiro atoms. The summed E-state index contributed by atoms with van der Waals surface area (Å²) in [5, 5.41) is 0. The number of benzene rings is 1. The Hall–Kier alpha value is -1.77. The van der Waals surface area contributed by atoms with E-state index in [1.165, 1.54) is 12.5 Å². The molecule has 0 aliphatic carbocycles. The third kappa shape index (κ3) is 3.13. The van der Waals surface area contributed by atoms with Crippen LogP contribution in [0.3, 0.4) is 0 Å². The fraction of sp³-hybridized carbons (Fsp3) is 0.250. The zero-order valence-electron chi connectivity index (χ0n) is 9.07. The third-order valence-electron chi connectivity index (χ3n) is 2.17. The van der Waals surface area contributed by atoms with E-state index < -0.39 is 11.6 Å². The number of carbonyl (C=O) groups is 2. The smallest absolute Gasteiger partial charge is 0.239 e. The Morgan fingerprint density at radius 3 is 2.40 bits per heavy atom. The van der Waals surface area contributed by atoms with Crippen LogP contribution in [0.2, 0.25) is 0 Å². The van der Waals surface area contributed by atoms with Crippen molar-refractivity contribution in [1.82, 2.24) is 0 Å². The van der Waals surface area contributed by atoms with Crippen LogP contribution in [0.15, 0.2) is 23.2 Å². The van der Waals surface area contributed by atoms with Crippen LogP contribution in [0.1, 0.15) is 18.1 Å². The highest BCUT2D eigenvalue weighted by molar-refractivity contribution is 6.58. The normalized spacial score (nSPS) is 10.6. The van der Waals surface area contributed by atoms with E-state index in [-0.39, 0.29) is 0 Å². The third-order valence-corrected chi connectivity index (χ3v) is 2.17. The van der Waals surface area contributed by atoms with Crippen LogP contribution in [0.25, 0.3) is 0 Å². The molecular formula is C12H13NO2. The Morgan fingerprint density at radius 1 is 1.20 bits per heavy atom. The Labute approximate surface area is 88.8 Å². The van der Waals surface area contributed by atoms with Crippen molar-refractivity contribution in [2.24, 2.45) is 4.99 Å². The molecule has 0 unspecified atom stereocenters. The number of hydrogen-bond donors (Lipinski definition) is 0. The quantitative estimate of drug-likeness (QED) is 0.558. The van der Waals surface area contributed by atoms with Crippen LogP contribution in [-0.2, 0) is 9.59 Å². The van der Waals surface area contributed by atoms with E-state index in [9.17, 15) is 9.59 Å². The minimum atomic E-state index is -0.576. The molecule has 0 N–H and O–H groups in total. The van der Waals surface area contributed by atoms with Crippen LogP contribution in [0.4, 0.5) is 5.69 Å². The number of nitrogens with zero attached hydrogens (tertiary/aromatic N) is 1. The summed E-state index contributed by atoms with van der Waals surface area (Å²) >= 11 is 0. The summed E-state index contributed by atoms with van der Waals surface area (Å²) in [5.41, 5.74) is 2.97. The second-order valence-corrected chi connectivity index (χ2v) is 3.45. The average molecular weight is 203 g/mol. The molecule has 0 amide bonds. The number of hydrogen-bond acceptors (Lipinski definition) is 3. The number of Topliss-reactive ketones (excluding diaryl/α,β-unsaturated/α-hetero) is 2. The van der Waals surface area contributed by atoms with E-state index in [1.807, 2.05) is 32.0 Å². The highest BCUT2D eigenvalue weighted by atomic mass is 16.2. The number of rotatable bonds is 3. The molecule has 0 aliphatic heterocycles. The first kappa shape index (κ1) is 11.3. The zero-order valence-corrected chi connectivity index (χ0v) is 9.07. The molecule has 1 aromatic rings. The molecule has 0 saturated carbocycles. The van der Waals surface area contributed by atoms with Gasteiger partial charge in [-0.2, -0.15) is 0 Å². The molecule has 0 aromatic heterocycles. The topological polar surface area (TPSA) is 46.5 Å². The molecule has 0 saturated heterocycles. The molecule has 1 rings (SSSR count). The van der Waals surface area contributed by atoms with Gasteiger partial charge in [-0.25, -0.2) is 0 Å². The first-order valence-electron chi connectivity index (χ1n) is 4.67. The molecule has 0 radical (unpaired) electrons. The number of aryl methyl sites for hydroxylation is 2. The lowest BCUT2D eigenvalue weighted by atomic mass is 10.1. The summed E-state index contributed by atoms with van der Waals surface area (Å²) in [6.45, 7) is 5.21. The van der Waals surface area contributed by atoms with Gasteiger partial charge in [-0.05, 0) is 37.1 Å². The second-order valence-electron chi connectivity index (χ2n) is 3.45. The maximum Gasteiger partial charge on any atom is 0.239 e. The van der Waals surface area contributed by atoms with E-state index in [0.717, 1.165) is 11.8 Å². The van der Waals surface area contributed by atoms with E-state index >= 15 is 0 Å². The molecule has 1 aromatic carbocycles. The monoisotopic (exact) mass is 203 g/mol. The van der Waals surface area contributed by atoms with Crippen LogP contribution in [0, 0.1) is 13.8 Å². The van der Waals surface area contributed by atoms with E-state index in [2.05, 4.69) is 4.99 Å². The molecule has 0 aliphatic rings. The first-order valence-corrected chi connectivity index (χ1v) is 4.67. The molecule has 3 heteroatoms. The van der Waals surface area contributed by atoms with Crippen molar-refractivity contribution < 1.29 is 9.59 Å². The lowest BCUT2D eigenvalue weighted by molar-refractivity contribution is -0.131. The molecule has 78 valence electrons. The van der Waals surface area contributed by atoms with Gasteiger partial charge in [0.05, 0.1) is 11.9 Å². The minimum Gasteiger partial charge on any atom is -0.291 e. The van der Waals surface area contributed by atoms with Gasteiger partial charge in [-0.1, -0.05) is 6.07 Å². The number of ketones is 2. The largest absolute Gasteiger partial charge is 0.291 e. The van der Waals surface area contributed by atoms with Crippen molar-refractivity contribution in [1.29, 1.82) is 0 Å². The van der Waals surface area contributed by atoms with E-state index in [1.54, 1.807) is 0 Å². The maximum absolute atomic E-state index is 11.0. The molecule has 0 bridgehead atoms. The van der Waals surface area contributed by atoms with Crippen molar-refractivity contribution in [2.75, 3.05) is 0 Å². The maximum atomic E-state index is 11.0. The Balaban J connectivity index is 2.86. The van der Waals surface area contributed by atoms with Gasteiger partial charge in [-0.3, -0.25) is 14.6 Å². The summed E-state index contributed by atoms with van der Waals surface area (Å²) in [5.74, 6) is -1.07. The van der Waals surface area contributed by atoms with Gasteiger partial charge in [0.2, 0.25) is 11.6 Å². The summed E-state index contributed by atoms with van der Waals surface area (Å²) < 4.78 is 0. The van der Waals surface area contributed by atoms with Gasteiger partial charge in [0.15, 0.2) is 0 Å². The molecule has 0 fully saturated rings. The number of carbonyl (C=O) groups excluding carboxylic acids is 2. The van der Waals surface area contributed by atoms with Crippen molar-refractivity contribution in [3.63, 3.8) is 0 Å². The fourth-order valence-electron chi connectivity index (χ4n) is 1.03. The van der Waals surface area contributed by atoms with Crippen LogP contribution in [0.5, 0.6) is 0 Å². The molecular weight excluding hydrogens is 190 g/mol. The van der Waals surface area contributed by atoms with E-state index in [4.69, 9.17) is 0 Å². The van der Waals surface area contributed by atoms with Crippen molar-refractivity contribution >= 4 is 23.5 Å². The van der Waals surface area contributed by atoms with E-state index in [0.29, 0.717) is 5.69 Å². The standard InChI is InChI=1S/C12H13NO2/c1-8-4-5-11(6-9(8)2)13-7-12(15)10(3)14/h4-7H,1-3H3. The Bertz CT molecular complexity index is 433. The lowest BCUT2D eigenvalue weighted by Crippen LogP contribution is -2.09. The Morgan fingerprint density at radius 2 is 1.87 bits per heavy atom. The summed E-state index contributed by atoms with van der Waals surface area (Å²) in [6.07, 6.45) is 1.06. The highest BCUT2D eigenvalue weighted by Gasteiger charge is 2.02. The SMILES string of the molecule is CC(=O)C(=O)C=Nc1ccc(C)c(C)c1. The van der Waals surface area contributed by atoms with Crippen LogP contribution in [-0.4, -0.2) is 17.8 Å². The van der Waals surface area contributed by atoms with Crippen LogP contribution >= 0.6 is 0 Å². The van der Waals surface area contributed by atoms with Crippen molar-refractivity contribution in [3.8, 4) is 0 Å². The molecule has 15 heavy (non-hydrogen) atoms. The lowest BCUT2D eigenvalue weighted by Gasteiger charge is -1.99. The number of aliphatic imine (C=N–C) groups is 1. The van der Waals surface area contributed by atoms with Gasteiger partial charge in [0, 0.05) is 6.92 Å². The summed E-state index contributed by atoms with van der Waals surface area (Å²) in [6, 6.07) is 5.62. The summed E-state index contributed by atoms with van der Waals surface area (Å²) in [7, 11) is 0. The second kappa shape index (κ2) is 4.64. The predicted octanol–water partition coefficient (Wildman–Crippen LogP) is 2.16. The van der Waals surface area contributed by atoms with Crippen LogP contribution < -0.4 is 0 Å². The minimum absolute atomic E-state index is 0.498. The molecule has 0 heterocycles. The zero-order chi connectivity index (χ0) is 11.4. The first-order chi connectivity index (χ1) is 7.00. The van der Waals surface area contributed by atoms with Gasteiger partial charge in [-0.15, -0.1) is 0 Å². The molecule has 3 nitrogen and oxygen atoms in total. The van der Waals surface area contributed by atoms with Gasteiger partial charge in [0.1, 0.15) is 0 Å². The van der Waals surface area contributed by atoms with Crippen molar-refractivity contribution in [3.05, 3.63) is 29.3 Å². The predicted molar refractivity (Wildman–Crippen MR) is 59.8 cm³/mol.